The van der Waals surface area contributed by atoms with E-state index in [1.165, 1.54) is 17.1 Å². The molecule has 0 unspecified atom stereocenters. The average Bonchev–Trinajstić information content (AvgIpc) is 3.10. The Morgan fingerprint density at radius 2 is 1.96 bits per heavy atom. The van der Waals surface area contributed by atoms with Gasteiger partial charge in [-0.1, -0.05) is 30.3 Å². The first kappa shape index (κ1) is 14.3. The number of hydrogen-bond donors (Lipinski definition) is 0. The van der Waals surface area contributed by atoms with Crippen LogP contribution in [0.5, 0.6) is 0 Å². The van der Waals surface area contributed by atoms with E-state index in [0.717, 1.165) is 55.1 Å². The van der Waals surface area contributed by atoms with Gasteiger partial charge in [-0.25, -0.2) is 14.6 Å². The van der Waals surface area contributed by atoms with E-state index in [0.29, 0.717) is 0 Å². The number of fused-ring (bicyclic) bond motifs is 1. The molecular formula is C16H18N6S. The molecule has 1 aliphatic rings. The van der Waals surface area contributed by atoms with Crippen LogP contribution in [-0.4, -0.2) is 37.2 Å². The van der Waals surface area contributed by atoms with E-state index in [9.17, 15) is 0 Å². The quantitative estimate of drug-likeness (QED) is 0.737. The number of aryl methyl sites for hydroxylation is 1. The van der Waals surface area contributed by atoms with Crippen molar-refractivity contribution in [3.8, 4) is 0 Å². The van der Waals surface area contributed by atoms with E-state index in [2.05, 4.69) is 43.6 Å². The molecule has 118 valence electrons. The Morgan fingerprint density at radius 3 is 2.74 bits per heavy atom. The molecule has 3 heterocycles. The van der Waals surface area contributed by atoms with Gasteiger partial charge < -0.3 is 4.90 Å². The van der Waals surface area contributed by atoms with E-state index in [1.807, 2.05) is 17.7 Å². The minimum Gasteiger partial charge on any atom is -0.345 e. The molecule has 0 saturated heterocycles. The molecule has 3 aromatic rings. The summed E-state index contributed by atoms with van der Waals surface area (Å²) in [5, 5.41) is 5.68. The van der Waals surface area contributed by atoms with Crippen LogP contribution in [0.3, 0.4) is 0 Å². The molecule has 4 rings (SSSR count). The number of hydrogen-bond acceptors (Lipinski definition) is 6. The predicted molar refractivity (Wildman–Crippen MR) is 89.8 cm³/mol. The highest BCUT2D eigenvalue weighted by Crippen LogP contribution is 2.19. The topological polar surface area (TPSA) is 59.7 Å². The van der Waals surface area contributed by atoms with Crippen LogP contribution in [0.15, 0.2) is 30.3 Å². The Morgan fingerprint density at radius 1 is 1.09 bits per heavy atom. The van der Waals surface area contributed by atoms with Gasteiger partial charge in [0.05, 0.1) is 6.54 Å². The van der Waals surface area contributed by atoms with Gasteiger partial charge in [0.15, 0.2) is 5.82 Å². The summed E-state index contributed by atoms with van der Waals surface area (Å²) in [6.45, 7) is 4.59. The third-order valence-electron chi connectivity index (χ3n) is 3.97. The van der Waals surface area contributed by atoms with Crippen molar-refractivity contribution in [2.24, 2.45) is 0 Å². The Labute approximate surface area is 139 Å². The molecule has 0 bridgehead atoms. The largest absolute Gasteiger partial charge is 0.345 e. The van der Waals surface area contributed by atoms with Crippen molar-refractivity contribution >= 4 is 16.7 Å². The number of benzene rings is 1. The van der Waals surface area contributed by atoms with Crippen LogP contribution in [0, 0.1) is 6.92 Å². The molecule has 0 aliphatic carbocycles. The number of anilines is 1. The summed E-state index contributed by atoms with van der Waals surface area (Å²) in [6, 6.07) is 10.4. The Hall–Kier alpha value is -2.28. The Bertz CT molecular complexity index is 769. The van der Waals surface area contributed by atoms with Crippen molar-refractivity contribution in [2.45, 2.75) is 26.3 Å². The van der Waals surface area contributed by atoms with Crippen LogP contribution in [0.4, 0.5) is 5.13 Å². The lowest BCUT2D eigenvalue weighted by molar-refractivity contribution is 0.604. The van der Waals surface area contributed by atoms with E-state index in [1.54, 1.807) is 0 Å². The van der Waals surface area contributed by atoms with Crippen LogP contribution in [-0.2, 0) is 19.4 Å². The van der Waals surface area contributed by atoms with E-state index >= 15 is 0 Å². The lowest BCUT2D eigenvalue weighted by atomic mass is 10.1. The molecule has 0 amide bonds. The first-order chi connectivity index (χ1) is 11.3. The van der Waals surface area contributed by atoms with Gasteiger partial charge in [0.1, 0.15) is 11.6 Å². The molecule has 1 aromatic carbocycles. The molecule has 0 fully saturated rings. The zero-order chi connectivity index (χ0) is 15.6. The van der Waals surface area contributed by atoms with Gasteiger partial charge in [0.2, 0.25) is 5.13 Å². The summed E-state index contributed by atoms with van der Waals surface area (Å²) in [5.74, 6) is 2.82. The molecule has 6 nitrogen and oxygen atoms in total. The first-order valence-electron chi connectivity index (χ1n) is 7.80. The SMILES string of the molecule is Cc1nsc(N2CCc3nc(Cc4ccccc4)nn3CC2)n1. The number of aromatic nitrogens is 5. The van der Waals surface area contributed by atoms with Crippen LogP contribution in [0.2, 0.25) is 0 Å². The molecule has 23 heavy (non-hydrogen) atoms. The summed E-state index contributed by atoms with van der Waals surface area (Å²) >= 11 is 1.47. The van der Waals surface area contributed by atoms with Gasteiger partial charge in [-0.15, -0.1) is 0 Å². The van der Waals surface area contributed by atoms with Crippen LogP contribution in [0.25, 0.3) is 0 Å². The second-order valence-corrected chi connectivity index (χ2v) is 6.42. The fraction of sp³-hybridized carbons (Fsp3) is 0.375. The number of rotatable bonds is 3. The van der Waals surface area contributed by atoms with Crippen molar-refractivity contribution < 1.29 is 0 Å². The lowest BCUT2D eigenvalue weighted by Crippen LogP contribution is -2.26. The lowest BCUT2D eigenvalue weighted by Gasteiger charge is -2.17. The second kappa shape index (κ2) is 6.08. The monoisotopic (exact) mass is 326 g/mol. The van der Waals surface area contributed by atoms with Gasteiger partial charge >= 0.3 is 0 Å². The zero-order valence-corrected chi connectivity index (χ0v) is 13.8. The summed E-state index contributed by atoms with van der Waals surface area (Å²) in [7, 11) is 0. The fourth-order valence-corrected chi connectivity index (χ4v) is 3.54. The highest BCUT2D eigenvalue weighted by molar-refractivity contribution is 7.09. The normalized spacial score (nSPS) is 14.6. The van der Waals surface area contributed by atoms with E-state index < -0.39 is 0 Å². The molecule has 0 radical (unpaired) electrons. The second-order valence-electron chi connectivity index (χ2n) is 5.69. The van der Waals surface area contributed by atoms with E-state index in [4.69, 9.17) is 4.98 Å². The molecule has 0 N–H and O–H groups in total. The Balaban J connectivity index is 1.47. The van der Waals surface area contributed by atoms with Crippen molar-refractivity contribution in [1.29, 1.82) is 0 Å². The third-order valence-corrected chi connectivity index (χ3v) is 4.84. The van der Waals surface area contributed by atoms with Gasteiger partial charge in [0.25, 0.3) is 0 Å². The maximum Gasteiger partial charge on any atom is 0.205 e. The first-order valence-corrected chi connectivity index (χ1v) is 8.57. The van der Waals surface area contributed by atoms with E-state index in [-0.39, 0.29) is 0 Å². The van der Waals surface area contributed by atoms with Gasteiger partial charge in [-0.05, 0) is 12.5 Å². The molecule has 0 spiro atoms. The smallest absolute Gasteiger partial charge is 0.205 e. The maximum atomic E-state index is 4.73. The van der Waals surface area contributed by atoms with Crippen LogP contribution in [0.1, 0.15) is 23.0 Å². The Kier molecular flexibility index (Phi) is 3.78. The highest BCUT2D eigenvalue weighted by Gasteiger charge is 2.19. The molecule has 0 atom stereocenters. The molecule has 7 heteroatoms. The van der Waals surface area contributed by atoms with Crippen molar-refractivity contribution in [3.63, 3.8) is 0 Å². The van der Waals surface area contributed by atoms with Crippen molar-refractivity contribution in [2.75, 3.05) is 18.0 Å². The maximum absolute atomic E-state index is 4.73. The summed E-state index contributed by atoms with van der Waals surface area (Å²) in [4.78, 5) is 11.5. The summed E-state index contributed by atoms with van der Waals surface area (Å²) < 4.78 is 6.32. The minimum absolute atomic E-state index is 0.792. The van der Waals surface area contributed by atoms with Crippen LogP contribution < -0.4 is 4.90 Å². The standard InChI is InChI=1S/C16H18N6S/c1-12-17-16(23-20-12)21-8-7-15-18-14(19-22(15)10-9-21)11-13-5-3-2-4-6-13/h2-6H,7-11H2,1H3. The molecule has 1 aliphatic heterocycles. The van der Waals surface area contributed by atoms with Crippen molar-refractivity contribution in [1.82, 2.24) is 24.1 Å². The van der Waals surface area contributed by atoms with Gasteiger partial charge in [-0.2, -0.15) is 9.47 Å². The number of nitrogens with zero attached hydrogens (tertiary/aromatic N) is 6. The molecule has 0 saturated carbocycles. The average molecular weight is 326 g/mol. The summed E-state index contributed by atoms with van der Waals surface area (Å²) in [5.41, 5.74) is 1.25. The van der Waals surface area contributed by atoms with Crippen LogP contribution >= 0.6 is 11.5 Å². The zero-order valence-electron chi connectivity index (χ0n) is 13.0. The predicted octanol–water partition coefficient (Wildman–Crippen LogP) is 2.09. The van der Waals surface area contributed by atoms with Gasteiger partial charge in [0, 0.05) is 37.5 Å². The molecular weight excluding hydrogens is 308 g/mol. The van der Waals surface area contributed by atoms with Crippen molar-refractivity contribution in [3.05, 3.63) is 53.4 Å². The third kappa shape index (κ3) is 3.10. The molecule has 2 aromatic heterocycles. The highest BCUT2D eigenvalue weighted by atomic mass is 32.1. The minimum atomic E-state index is 0.792. The van der Waals surface area contributed by atoms with Gasteiger partial charge in [-0.3, -0.25) is 0 Å². The fourth-order valence-electron chi connectivity index (χ4n) is 2.81. The summed E-state index contributed by atoms with van der Waals surface area (Å²) in [6.07, 6.45) is 1.68.